The Morgan fingerprint density at radius 2 is 0.771 bits per heavy atom. The van der Waals surface area contributed by atoms with Crippen LogP contribution >= 0.6 is 0 Å². The molecular formula is C43H80O5. The van der Waals surface area contributed by atoms with Crippen LogP contribution in [0.2, 0.25) is 0 Å². The second-order valence-electron chi connectivity index (χ2n) is 14.1. The van der Waals surface area contributed by atoms with E-state index in [-0.39, 0.29) is 25.2 Å². The number of hydrogen-bond acceptors (Lipinski definition) is 5. The van der Waals surface area contributed by atoms with Crippen LogP contribution in [-0.2, 0) is 19.1 Å². The van der Waals surface area contributed by atoms with Crippen molar-refractivity contribution in [2.75, 3.05) is 13.2 Å². The molecule has 0 fully saturated rings. The minimum Gasteiger partial charge on any atom is -0.462 e. The number of ether oxygens (including phenoxy) is 2. The molecule has 0 unspecified atom stereocenters. The summed E-state index contributed by atoms with van der Waals surface area (Å²) >= 11 is 0. The molecule has 0 rings (SSSR count). The van der Waals surface area contributed by atoms with Crippen molar-refractivity contribution in [1.29, 1.82) is 0 Å². The van der Waals surface area contributed by atoms with E-state index in [1.165, 1.54) is 148 Å². The van der Waals surface area contributed by atoms with Crippen molar-refractivity contribution in [3.05, 3.63) is 24.3 Å². The van der Waals surface area contributed by atoms with Crippen LogP contribution in [0.3, 0.4) is 0 Å². The summed E-state index contributed by atoms with van der Waals surface area (Å²) in [4.78, 5) is 24.3. The molecule has 0 amide bonds. The number of esters is 2. The van der Waals surface area contributed by atoms with Crippen molar-refractivity contribution >= 4 is 11.9 Å². The van der Waals surface area contributed by atoms with Gasteiger partial charge in [-0.3, -0.25) is 9.59 Å². The monoisotopic (exact) mass is 677 g/mol. The Balaban J connectivity index is 3.50. The zero-order valence-corrected chi connectivity index (χ0v) is 32.0. The molecule has 5 heteroatoms. The molecule has 0 aliphatic rings. The summed E-state index contributed by atoms with van der Waals surface area (Å²) in [5.74, 6) is -0.595. The lowest BCUT2D eigenvalue weighted by Gasteiger charge is -2.15. The molecule has 0 aromatic carbocycles. The van der Waals surface area contributed by atoms with Crippen molar-refractivity contribution in [1.82, 2.24) is 0 Å². The van der Waals surface area contributed by atoms with Gasteiger partial charge in [-0.05, 0) is 64.2 Å². The molecule has 0 bridgehead atoms. The van der Waals surface area contributed by atoms with Gasteiger partial charge in [0.2, 0.25) is 0 Å². The summed E-state index contributed by atoms with van der Waals surface area (Å²) in [7, 11) is 0. The molecule has 0 aliphatic heterocycles. The van der Waals surface area contributed by atoms with Gasteiger partial charge in [0.05, 0.1) is 6.61 Å². The molecular weight excluding hydrogens is 596 g/mol. The first kappa shape index (κ1) is 46.4. The van der Waals surface area contributed by atoms with Crippen molar-refractivity contribution in [3.63, 3.8) is 0 Å². The molecule has 0 spiro atoms. The number of rotatable bonds is 38. The second kappa shape index (κ2) is 39.8. The third kappa shape index (κ3) is 37.2. The van der Waals surface area contributed by atoms with E-state index in [0.717, 1.165) is 44.9 Å². The van der Waals surface area contributed by atoms with Crippen molar-refractivity contribution in [3.8, 4) is 0 Å². The first-order chi connectivity index (χ1) is 23.6. The molecule has 0 radical (unpaired) electrons. The number of carbonyl (C=O) groups is 2. The lowest BCUT2D eigenvalue weighted by atomic mass is 10.0. The predicted octanol–water partition coefficient (Wildman–Crippen LogP) is 13.1. The van der Waals surface area contributed by atoms with Gasteiger partial charge in [-0.1, -0.05) is 167 Å². The first-order valence-electron chi connectivity index (χ1n) is 20.9. The average molecular weight is 677 g/mol. The molecule has 282 valence electrons. The van der Waals surface area contributed by atoms with Crippen molar-refractivity contribution in [2.45, 2.75) is 225 Å². The molecule has 0 aromatic rings. The summed E-state index contributed by atoms with van der Waals surface area (Å²) in [5.41, 5.74) is 0. The van der Waals surface area contributed by atoms with Crippen LogP contribution in [0.1, 0.15) is 219 Å². The molecule has 0 aliphatic carbocycles. The van der Waals surface area contributed by atoms with Gasteiger partial charge in [0.15, 0.2) is 6.10 Å². The fourth-order valence-corrected chi connectivity index (χ4v) is 6.01. The Labute approximate surface area is 298 Å². The number of aliphatic hydroxyl groups excluding tert-OH is 1. The zero-order chi connectivity index (χ0) is 35.0. The lowest BCUT2D eigenvalue weighted by Crippen LogP contribution is -2.28. The van der Waals surface area contributed by atoms with Crippen LogP contribution < -0.4 is 0 Å². The first-order valence-corrected chi connectivity index (χ1v) is 20.9. The van der Waals surface area contributed by atoms with Crippen LogP contribution in [0.5, 0.6) is 0 Å². The normalized spacial score (nSPS) is 12.3. The number of hydrogen-bond donors (Lipinski definition) is 1. The van der Waals surface area contributed by atoms with E-state index in [2.05, 4.69) is 38.2 Å². The average Bonchev–Trinajstić information content (AvgIpc) is 3.09. The van der Waals surface area contributed by atoms with E-state index in [9.17, 15) is 14.7 Å². The standard InChI is InChI=1S/C43H80O5/c1-3-5-7-9-11-13-15-17-18-19-20-21-22-23-24-26-27-29-31-33-35-37-42(45)47-40-41(39-44)48-43(46)38-36-34-32-30-28-25-16-14-12-10-8-6-4-2/h14,16-18,41,44H,3-13,15,19-40H2,1-2H3/b16-14+,18-17+/t41-/m0/s1. The van der Waals surface area contributed by atoms with Crippen LogP contribution in [0.4, 0.5) is 0 Å². The van der Waals surface area contributed by atoms with Gasteiger partial charge >= 0.3 is 11.9 Å². The minimum absolute atomic E-state index is 0.0663. The SMILES string of the molecule is CCCCCC/C=C/CCCCCCCC(=O)O[C@@H](CO)COC(=O)CCCCCCCCCCCCC/C=C/CCCCCCCC. The number of unbranched alkanes of at least 4 members (excludes halogenated alkanes) is 26. The number of carbonyl (C=O) groups excluding carboxylic acids is 2. The topological polar surface area (TPSA) is 72.8 Å². The Bertz CT molecular complexity index is 731. The zero-order valence-electron chi connectivity index (χ0n) is 32.0. The van der Waals surface area contributed by atoms with Gasteiger partial charge < -0.3 is 14.6 Å². The van der Waals surface area contributed by atoms with Crippen LogP contribution in [0.15, 0.2) is 24.3 Å². The van der Waals surface area contributed by atoms with Gasteiger partial charge in [-0.25, -0.2) is 0 Å². The van der Waals surface area contributed by atoms with E-state index in [4.69, 9.17) is 9.47 Å². The predicted molar refractivity (Wildman–Crippen MR) is 205 cm³/mol. The van der Waals surface area contributed by atoms with Gasteiger partial charge in [-0.15, -0.1) is 0 Å². The maximum atomic E-state index is 12.1. The Morgan fingerprint density at radius 3 is 1.15 bits per heavy atom. The molecule has 1 atom stereocenters. The minimum atomic E-state index is -0.772. The molecule has 48 heavy (non-hydrogen) atoms. The molecule has 1 N–H and O–H groups in total. The van der Waals surface area contributed by atoms with Crippen LogP contribution in [0.25, 0.3) is 0 Å². The van der Waals surface area contributed by atoms with Crippen LogP contribution in [0, 0.1) is 0 Å². The molecule has 5 nitrogen and oxygen atoms in total. The third-order valence-electron chi connectivity index (χ3n) is 9.22. The van der Waals surface area contributed by atoms with E-state index in [1.54, 1.807) is 0 Å². The van der Waals surface area contributed by atoms with Gasteiger partial charge in [0.1, 0.15) is 6.61 Å². The summed E-state index contributed by atoms with van der Waals surface area (Å²) in [6.07, 6.45) is 46.7. The fraction of sp³-hybridized carbons (Fsp3) is 0.860. The van der Waals surface area contributed by atoms with E-state index in [1.807, 2.05) is 0 Å². The Hall–Kier alpha value is -1.62. The second-order valence-corrected chi connectivity index (χ2v) is 14.1. The van der Waals surface area contributed by atoms with Crippen molar-refractivity contribution in [2.24, 2.45) is 0 Å². The molecule has 0 saturated carbocycles. The van der Waals surface area contributed by atoms with E-state index in [0.29, 0.717) is 12.8 Å². The summed E-state index contributed by atoms with van der Waals surface area (Å²) < 4.78 is 10.6. The van der Waals surface area contributed by atoms with E-state index >= 15 is 0 Å². The maximum Gasteiger partial charge on any atom is 0.306 e. The van der Waals surface area contributed by atoms with Gasteiger partial charge in [-0.2, -0.15) is 0 Å². The summed E-state index contributed by atoms with van der Waals surface area (Å²) in [5, 5.41) is 9.55. The highest BCUT2D eigenvalue weighted by molar-refractivity contribution is 5.70. The molecule has 0 saturated heterocycles. The van der Waals surface area contributed by atoms with Crippen molar-refractivity contribution < 1.29 is 24.2 Å². The largest absolute Gasteiger partial charge is 0.462 e. The number of allylic oxidation sites excluding steroid dienone is 4. The third-order valence-corrected chi connectivity index (χ3v) is 9.22. The quantitative estimate of drug-likeness (QED) is 0.0400. The summed E-state index contributed by atoms with van der Waals surface area (Å²) in [6, 6.07) is 0. The fourth-order valence-electron chi connectivity index (χ4n) is 6.01. The Morgan fingerprint density at radius 1 is 0.458 bits per heavy atom. The smallest absolute Gasteiger partial charge is 0.306 e. The van der Waals surface area contributed by atoms with Gasteiger partial charge in [0.25, 0.3) is 0 Å². The number of aliphatic hydroxyl groups is 1. The maximum absolute atomic E-state index is 12.1. The highest BCUT2D eigenvalue weighted by Crippen LogP contribution is 2.14. The summed E-state index contributed by atoms with van der Waals surface area (Å²) in [6.45, 7) is 4.12. The molecule has 0 aromatic heterocycles. The molecule has 0 heterocycles. The lowest BCUT2D eigenvalue weighted by molar-refractivity contribution is -0.161. The van der Waals surface area contributed by atoms with Gasteiger partial charge in [0, 0.05) is 12.8 Å². The highest BCUT2D eigenvalue weighted by Gasteiger charge is 2.16. The highest BCUT2D eigenvalue weighted by atomic mass is 16.6. The Kier molecular flexibility index (Phi) is 38.5. The van der Waals surface area contributed by atoms with Crippen LogP contribution in [-0.4, -0.2) is 36.4 Å². The van der Waals surface area contributed by atoms with E-state index < -0.39 is 6.10 Å².